The summed E-state index contributed by atoms with van der Waals surface area (Å²) < 4.78 is 11.1. The van der Waals surface area contributed by atoms with Gasteiger partial charge >= 0.3 is 0 Å². The van der Waals surface area contributed by atoms with Gasteiger partial charge in [0.2, 0.25) is 0 Å². The fourth-order valence-corrected chi connectivity index (χ4v) is 3.46. The van der Waals surface area contributed by atoms with E-state index in [2.05, 4.69) is 54.0 Å². The number of hydrogen-bond acceptors (Lipinski definition) is 3. The number of rotatable bonds is 6. The van der Waals surface area contributed by atoms with Crippen LogP contribution >= 0.6 is 0 Å². The van der Waals surface area contributed by atoms with Gasteiger partial charge in [0.1, 0.15) is 19.3 Å². The summed E-state index contributed by atoms with van der Waals surface area (Å²) in [7, 11) is 0. The van der Waals surface area contributed by atoms with Gasteiger partial charge in [-0.15, -0.1) is 0 Å². The van der Waals surface area contributed by atoms with Crippen LogP contribution in [0, 0.1) is 6.92 Å². The zero-order valence-corrected chi connectivity index (χ0v) is 16.4. The molecule has 0 saturated carbocycles. The molecule has 5 heteroatoms. The minimum absolute atomic E-state index is 0.0582. The Kier molecular flexibility index (Phi) is 5.77. The molecule has 0 radical (unpaired) electrons. The van der Waals surface area contributed by atoms with Gasteiger partial charge in [-0.2, -0.15) is 0 Å². The molecule has 3 aromatic carbocycles. The van der Waals surface area contributed by atoms with E-state index in [-0.39, 0.29) is 11.9 Å². The molecule has 29 heavy (non-hydrogen) atoms. The second kappa shape index (κ2) is 8.80. The lowest BCUT2D eigenvalue weighted by Crippen LogP contribution is -2.87. The number of nitrogens with two attached hydrogens (primary N) is 1. The molecule has 1 atom stereocenters. The molecule has 0 aliphatic carbocycles. The summed E-state index contributed by atoms with van der Waals surface area (Å²) in [6.07, 6.45) is 0. The Morgan fingerprint density at radius 1 is 0.931 bits per heavy atom. The maximum Gasteiger partial charge on any atom is 0.279 e. The summed E-state index contributed by atoms with van der Waals surface area (Å²) in [5, 5.41) is 5.02. The number of benzene rings is 3. The molecule has 1 amide bonds. The van der Waals surface area contributed by atoms with Crippen LogP contribution < -0.4 is 20.1 Å². The minimum atomic E-state index is -0.0604. The highest BCUT2D eigenvalue weighted by Crippen LogP contribution is 2.32. The largest absolute Gasteiger partial charge is 0.486 e. The summed E-state index contributed by atoms with van der Waals surface area (Å²) in [6.45, 7) is 3.45. The van der Waals surface area contributed by atoms with Gasteiger partial charge < -0.3 is 20.1 Å². The van der Waals surface area contributed by atoms with Gasteiger partial charge in [0.15, 0.2) is 18.0 Å². The van der Waals surface area contributed by atoms with E-state index in [9.17, 15) is 4.79 Å². The molecular weight excluding hydrogens is 364 g/mol. The lowest BCUT2D eigenvalue weighted by molar-refractivity contribution is -0.676. The number of hydrogen-bond donors (Lipinski definition) is 2. The second-order valence-electron chi connectivity index (χ2n) is 7.15. The number of anilines is 1. The Hall–Kier alpha value is -3.31. The Balaban J connectivity index is 1.44. The number of carbonyl (C=O) groups excluding carboxylic acids is 1. The van der Waals surface area contributed by atoms with Crippen LogP contribution in [0.25, 0.3) is 0 Å². The third-order valence-corrected chi connectivity index (χ3v) is 4.96. The molecule has 1 aliphatic rings. The van der Waals surface area contributed by atoms with Crippen molar-refractivity contribution in [2.24, 2.45) is 0 Å². The van der Waals surface area contributed by atoms with Gasteiger partial charge in [-0.05, 0) is 19.1 Å². The zero-order chi connectivity index (χ0) is 20.1. The monoisotopic (exact) mass is 389 g/mol. The van der Waals surface area contributed by atoms with Crippen molar-refractivity contribution in [2.45, 2.75) is 13.0 Å². The van der Waals surface area contributed by atoms with Crippen LogP contribution in [0.4, 0.5) is 5.69 Å². The van der Waals surface area contributed by atoms with Crippen molar-refractivity contribution in [1.82, 2.24) is 0 Å². The molecule has 3 N–H and O–H groups in total. The number of aryl methyl sites for hydroxylation is 1. The van der Waals surface area contributed by atoms with Crippen LogP contribution in [-0.2, 0) is 4.79 Å². The Morgan fingerprint density at radius 3 is 2.38 bits per heavy atom. The van der Waals surface area contributed by atoms with Crippen molar-refractivity contribution >= 4 is 11.6 Å². The van der Waals surface area contributed by atoms with Crippen LogP contribution in [0.1, 0.15) is 22.7 Å². The number of carbonyl (C=O) groups is 1. The average molecular weight is 389 g/mol. The SMILES string of the molecule is Cc1ccc([C@@H]([NH2+]CC(=O)Nc2ccc3c(c2)OCCO3)c2ccccc2)cc1. The van der Waals surface area contributed by atoms with Gasteiger partial charge in [-0.25, -0.2) is 0 Å². The Labute approximate surface area is 170 Å². The Morgan fingerprint density at radius 2 is 1.62 bits per heavy atom. The molecule has 0 fully saturated rings. The fourth-order valence-electron chi connectivity index (χ4n) is 3.46. The van der Waals surface area contributed by atoms with Gasteiger partial charge in [0.05, 0.1) is 0 Å². The second-order valence-corrected chi connectivity index (χ2v) is 7.15. The van der Waals surface area contributed by atoms with Gasteiger partial charge in [-0.3, -0.25) is 4.79 Å². The molecule has 4 rings (SSSR count). The first-order chi connectivity index (χ1) is 14.2. The number of nitrogens with one attached hydrogen (secondary N) is 1. The van der Waals surface area contributed by atoms with E-state index < -0.39 is 0 Å². The van der Waals surface area contributed by atoms with E-state index in [1.807, 2.05) is 30.3 Å². The van der Waals surface area contributed by atoms with Crippen LogP contribution in [0.2, 0.25) is 0 Å². The van der Waals surface area contributed by atoms with E-state index in [1.165, 1.54) is 16.7 Å². The molecule has 148 valence electrons. The van der Waals surface area contributed by atoms with Gasteiger partial charge in [0.25, 0.3) is 5.91 Å². The lowest BCUT2D eigenvalue weighted by atomic mass is 9.98. The highest BCUT2D eigenvalue weighted by Gasteiger charge is 2.19. The maximum absolute atomic E-state index is 12.6. The van der Waals surface area contributed by atoms with Crippen molar-refractivity contribution in [3.63, 3.8) is 0 Å². The summed E-state index contributed by atoms with van der Waals surface area (Å²) >= 11 is 0. The Bertz CT molecular complexity index is 971. The highest BCUT2D eigenvalue weighted by atomic mass is 16.6. The molecule has 0 aromatic heterocycles. The van der Waals surface area contributed by atoms with Crippen LogP contribution in [-0.4, -0.2) is 25.7 Å². The van der Waals surface area contributed by atoms with E-state index in [0.29, 0.717) is 36.9 Å². The number of quaternary nitrogens is 1. The third-order valence-electron chi connectivity index (χ3n) is 4.96. The van der Waals surface area contributed by atoms with E-state index in [1.54, 1.807) is 6.07 Å². The summed E-state index contributed by atoms with van der Waals surface area (Å²) in [6, 6.07) is 24.2. The number of amides is 1. The first kappa shape index (κ1) is 19.0. The molecule has 5 nitrogen and oxygen atoms in total. The quantitative estimate of drug-likeness (QED) is 0.681. The molecular formula is C24H25N2O3+. The summed E-state index contributed by atoms with van der Waals surface area (Å²) in [5.41, 5.74) is 4.27. The number of fused-ring (bicyclic) bond motifs is 1. The highest BCUT2D eigenvalue weighted by molar-refractivity contribution is 5.91. The van der Waals surface area contributed by atoms with E-state index in [0.717, 1.165) is 0 Å². The van der Waals surface area contributed by atoms with Crippen LogP contribution in [0.15, 0.2) is 72.8 Å². The third kappa shape index (κ3) is 4.76. The molecule has 3 aromatic rings. The van der Waals surface area contributed by atoms with E-state index >= 15 is 0 Å². The zero-order valence-electron chi connectivity index (χ0n) is 16.4. The summed E-state index contributed by atoms with van der Waals surface area (Å²) in [4.78, 5) is 12.6. The van der Waals surface area contributed by atoms with Crippen molar-refractivity contribution in [3.8, 4) is 11.5 Å². The predicted octanol–water partition coefficient (Wildman–Crippen LogP) is 3.06. The molecule has 0 bridgehead atoms. The number of ether oxygens (including phenoxy) is 2. The standard InChI is InChI=1S/C24H24N2O3/c1-17-7-9-19(10-8-17)24(18-5-3-2-4-6-18)25-16-23(27)26-20-11-12-21-22(15-20)29-14-13-28-21/h2-12,15,24-25H,13-14,16H2,1H3,(H,26,27)/p+1/t24-/m0/s1. The van der Waals surface area contributed by atoms with Gasteiger partial charge in [0, 0.05) is 22.9 Å². The molecule has 0 saturated heterocycles. The normalized spacial score (nSPS) is 13.6. The molecule has 0 unspecified atom stereocenters. The van der Waals surface area contributed by atoms with Crippen molar-refractivity contribution in [3.05, 3.63) is 89.5 Å². The van der Waals surface area contributed by atoms with Crippen LogP contribution in [0.5, 0.6) is 11.5 Å². The summed E-state index contributed by atoms with van der Waals surface area (Å²) in [5.74, 6) is 1.32. The predicted molar refractivity (Wildman–Crippen MR) is 112 cm³/mol. The van der Waals surface area contributed by atoms with E-state index in [4.69, 9.17) is 9.47 Å². The lowest BCUT2D eigenvalue weighted by Gasteiger charge is -2.19. The average Bonchev–Trinajstić information content (AvgIpc) is 2.76. The van der Waals surface area contributed by atoms with Crippen LogP contribution in [0.3, 0.4) is 0 Å². The molecule has 0 spiro atoms. The molecule has 1 heterocycles. The fraction of sp³-hybridized carbons (Fsp3) is 0.208. The smallest absolute Gasteiger partial charge is 0.279 e. The van der Waals surface area contributed by atoms with Crippen molar-refractivity contribution < 1.29 is 19.6 Å². The minimum Gasteiger partial charge on any atom is -0.486 e. The molecule has 1 aliphatic heterocycles. The van der Waals surface area contributed by atoms with Crippen molar-refractivity contribution in [1.29, 1.82) is 0 Å². The first-order valence-corrected chi connectivity index (χ1v) is 9.83. The maximum atomic E-state index is 12.6. The van der Waals surface area contributed by atoms with Gasteiger partial charge in [-0.1, -0.05) is 60.2 Å². The van der Waals surface area contributed by atoms with Crippen molar-refractivity contribution in [2.75, 3.05) is 25.1 Å². The first-order valence-electron chi connectivity index (χ1n) is 9.83. The topological polar surface area (TPSA) is 64.2 Å².